The van der Waals surface area contributed by atoms with Gasteiger partial charge < -0.3 is 10.1 Å². The van der Waals surface area contributed by atoms with E-state index in [4.69, 9.17) is 11.6 Å². The molecule has 0 fully saturated rings. The number of nitrogens with one attached hydrogen (secondary N) is 1. The van der Waals surface area contributed by atoms with Crippen LogP contribution >= 0.6 is 11.6 Å². The zero-order valence-corrected chi connectivity index (χ0v) is 11.6. The summed E-state index contributed by atoms with van der Waals surface area (Å²) in [5.74, 6) is -0.556. The van der Waals surface area contributed by atoms with E-state index in [0.29, 0.717) is 12.2 Å². The first-order chi connectivity index (χ1) is 9.10. The number of rotatable bonds is 6. The minimum Gasteiger partial charge on any atom is -0.468 e. The van der Waals surface area contributed by atoms with E-state index in [0.717, 1.165) is 11.1 Å². The number of ether oxygens (including phenoxy) is 1. The van der Waals surface area contributed by atoms with Gasteiger partial charge in [-0.15, -0.1) is 0 Å². The number of allylic oxidation sites excluding steroid dienone is 1. The lowest BCUT2D eigenvalue weighted by Crippen LogP contribution is -2.28. The number of anilines is 1. The molecule has 0 aliphatic carbocycles. The predicted molar refractivity (Wildman–Crippen MR) is 73.4 cm³/mol. The van der Waals surface area contributed by atoms with E-state index in [1.54, 1.807) is 0 Å². The smallest absolute Gasteiger partial charge is 0.327 e. The second-order valence-electron chi connectivity index (χ2n) is 3.70. The number of aromatic nitrogens is 2. The van der Waals surface area contributed by atoms with Gasteiger partial charge in [-0.25, -0.2) is 4.68 Å². The Morgan fingerprint density at radius 3 is 3.00 bits per heavy atom. The summed E-state index contributed by atoms with van der Waals surface area (Å²) in [7, 11) is 1.24. The molecule has 1 aromatic heterocycles. The van der Waals surface area contributed by atoms with Gasteiger partial charge in [0, 0.05) is 6.54 Å². The van der Waals surface area contributed by atoms with Crippen LogP contribution < -0.4 is 10.9 Å². The normalized spacial score (nSPS) is 10.7. The Morgan fingerprint density at radius 1 is 1.63 bits per heavy atom. The lowest BCUT2D eigenvalue weighted by Gasteiger charge is -2.08. The van der Waals surface area contributed by atoms with Crippen molar-refractivity contribution in [3.05, 3.63) is 33.7 Å². The third kappa shape index (κ3) is 4.40. The van der Waals surface area contributed by atoms with Crippen molar-refractivity contribution in [2.24, 2.45) is 0 Å². The molecule has 1 rings (SSSR count). The minimum atomic E-state index is -0.556. The molecule has 0 aliphatic rings. The molecule has 104 valence electrons. The van der Waals surface area contributed by atoms with Crippen molar-refractivity contribution >= 4 is 23.3 Å². The largest absolute Gasteiger partial charge is 0.468 e. The molecule has 1 N–H and O–H groups in total. The molecular formula is C12H16ClN3O3. The molecule has 7 heteroatoms. The number of methoxy groups -OCH3 is 1. The molecule has 0 bridgehead atoms. The van der Waals surface area contributed by atoms with Crippen LogP contribution in [0.2, 0.25) is 5.02 Å². The van der Waals surface area contributed by atoms with Gasteiger partial charge in [0.1, 0.15) is 11.6 Å². The minimum absolute atomic E-state index is 0.0133. The van der Waals surface area contributed by atoms with Gasteiger partial charge in [-0.3, -0.25) is 9.59 Å². The number of nitrogens with zero attached hydrogens (tertiary/aromatic N) is 2. The average molecular weight is 286 g/mol. The Kier molecular flexibility index (Phi) is 6.08. The highest BCUT2D eigenvalue weighted by molar-refractivity contribution is 6.32. The Labute approximate surface area is 116 Å². The molecule has 0 unspecified atom stereocenters. The maximum Gasteiger partial charge on any atom is 0.327 e. The second kappa shape index (κ2) is 7.58. The Morgan fingerprint density at radius 2 is 2.37 bits per heavy atom. The van der Waals surface area contributed by atoms with Crippen LogP contribution in [-0.2, 0) is 16.1 Å². The highest BCUT2D eigenvalue weighted by atomic mass is 35.5. The van der Waals surface area contributed by atoms with Crippen molar-refractivity contribution < 1.29 is 9.53 Å². The summed E-state index contributed by atoms with van der Waals surface area (Å²) >= 11 is 5.93. The maximum atomic E-state index is 11.8. The van der Waals surface area contributed by atoms with Crippen molar-refractivity contribution in [1.82, 2.24) is 9.78 Å². The average Bonchev–Trinajstić information content (AvgIpc) is 2.42. The van der Waals surface area contributed by atoms with Crippen LogP contribution in [0.25, 0.3) is 0 Å². The summed E-state index contributed by atoms with van der Waals surface area (Å²) in [6.45, 7) is 2.32. The zero-order valence-electron chi connectivity index (χ0n) is 10.9. The maximum absolute atomic E-state index is 11.8. The van der Waals surface area contributed by atoms with Crippen molar-refractivity contribution in [1.29, 1.82) is 0 Å². The van der Waals surface area contributed by atoms with Gasteiger partial charge in [-0.2, -0.15) is 5.10 Å². The van der Waals surface area contributed by atoms with Gasteiger partial charge in [0.15, 0.2) is 0 Å². The fourth-order valence-corrected chi connectivity index (χ4v) is 1.56. The van der Waals surface area contributed by atoms with Crippen LogP contribution in [0.4, 0.5) is 5.69 Å². The molecule has 0 aliphatic heterocycles. The van der Waals surface area contributed by atoms with Crippen LogP contribution in [-0.4, -0.2) is 29.4 Å². The number of carbonyl (C=O) groups excluding carboxylic acids is 1. The van der Waals surface area contributed by atoms with Gasteiger partial charge in [-0.1, -0.05) is 23.8 Å². The molecule has 19 heavy (non-hydrogen) atoms. The third-order valence-corrected chi connectivity index (χ3v) is 2.72. The molecule has 1 aromatic rings. The number of esters is 1. The van der Waals surface area contributed by atoms with E-state index in [-0.39, 0.29) is 11.6 Å². The highest BCUT2D eigenvalue weighted by Gasteiger charge is 2.11. The number of carbonyl (C=O) groups is 1. The fraction of sp³-hybridized carbons (Fsp3) is 0.417. The van der Waals surface area contributed by atoms with Crippen molar-refractivity contribution in [3.8, 4) is 0 Å². The quantitative estimate of drug-likeness (QED) is 0.486. The molecule has 1 heterocycles. The van der Waals surface area contributed by atoms with Crippen molar-refractivity contribution in [2.45, 2.75) is 19.9 Å². The summed E-state index contributed by atoms with van der Waals surface area (Å²) in [4.78, 5) is 22.9. The van der Waals surface area contributed by atoms with E-state index in [9.17, 15) is 9.59 Å². The molecule has 0 saturated carbocycles. The Balaban J connectivity index is 2.79. The molecule has 0 radical (unpaired) electrons. The fourth-order valence-electron chi connectivity index (χ4n) is 1.34. The van der Waals surface area contributed by atoms with Gasteiger partial charge in [0.2, 0.25) is 0 Å². The van der Waals surface area contributed by atoms with E-state index < -0.39 is 11.5 Å². The van der Waals surface area contributed by atoms with Crippen LogP contribution in [0.15, 0.2) is 23.1 Å². The van der Waals surface area contributed by atoms with Gasteiger partial charge >= 0.3 is 5.97 Å². The third-order valence-electron chi connectivity index (χ3n) is 2.35. The van der Waals surface area contributed by atoms with E-state index >= 15 is 0 Å². The van der Waals surface area contributed by atoms with E-state index in [2.05, 4.69) is 15.2 Å². The summed E-state index contributed by atoms with van der Waals surface area (Å²) in [5, 5.41) is 6.89. The van der Waals surface area contributed by atoms with Crippen LogP contribution in [0.3, 0.4) is 0 Å². The van der Waals surface area contributed by atoms with Crippen molar-refractivity contribution in [3.63, 3.8) is 0 Å². The molecule has 0 saturated heterocycles. The number of hydrogen-bond acceptors (Lipinski definition) is 5. The predicted octanol–water partition coefficient (Wildman–Crippen LogP) is 1.45. The summed E-state index contributed by atoms with van der Waals surface area (Å²) in [5.41, 5.74) is -0.0691. The van der Waals surface area contributed by atoms with E-state index in [1.807, 2.05) is 19.1 Å². The highest BCUT2D eigenvalue weighted by Crippen LogP contribution is 2.14. The first-order valence-electron chi connectivity index (χ1n) is 5.77. The topological polar surface area (TPSA) is 73.2 Å². The number of halogens is 1. The molecule has 6 nitrogen and oxygen atoms in total. The standard InChI is InChI=1S/C12H16ClN3O3/c1-3-4-5-6-14-9-7-15-16(8-10(17)19-2)12(18)11(9)13/h3-4,7,14H,5-6,8H2,1-2H3/b4-3+. The first kappa shape index (κ1) is 15.2. The lowest BCUT2D eigenvalue weighted by molar-refractivity contribution is -0.141. The van der Waals surface area contributed by atoms with Gasteiger partial charge in [0.25, 0.3) is 5.56 Å². The molecule has 0 atom stereocenters. The summed E-state index contributed by atoms with van der Waals surface area (Å²) in [6, 6.07) is 0. The summed E-state index contributed by atoms with van der Waals surface area (Å²) in [6.07, 6.45) is 6.17. The van der Waals surface area contributed by atoms with Gasteiger partial charge in [0.05, 0.1) is 19.0 Å². The van der Waals surface area contributed by atoms with Crippen LogP contribution in [0, 0.1) is 0 Å². The molecule has 0 spiro atoms. The van der Waals surface area contributed by atoms with Crippen molar-refractivity contribution in [2.75, 3.05) is 19.0 Å². The Hall–Kier alpha value is -1.82. The number of hydrogen-bond donors (Lipinski definition) is 1. The van der Waals surface area contributed by atoms with Crippen LogP contribution in [0.1, 0.15) is 13.3 Å². The lowest BCUT2D eigenvalue weighted by atomic mass is 10.3. The molecular weight excluding hydrogens is 270 g/mol. The second-order valence-corrected chi connectivity index (χ2v) is 4.07. The SMILES string of the molecule is C/C=C/CCNc1cnn(CC(=O)OC)c(=O)c1Cl. The van der Waals surface area contributed by atoms with Crippen LogP contribution in [0.5, 0.6) is 0 Å². The monoisotopic (exact) mass is 285 g/mol. The molecule has 0 amide bonds. The van der Waals surface area contributed by atoms with Gasteiger partial charge in [-0.05, 0) is 13.3 Å². The molecule has 0 aromatic carbocycles. The Bertz CT molecular complexity index is 525. The first-order valence-corrected chi connectivity index (χ1v) is 6.15. The van der Waals surface area contributed by atoms with E-state index in [1.165, 1.54) is 13.3 Å². The summed E-state index contributed by atoms with van der Waals surface area (Å²) < 4.78 is 5.43. The zero-order chi connectivity index (χ0) is 14.3.